The number of benzene rings is 2. The molecule has 136 valence electrons. The summed E-state index contributed by atoms with van der Waals surface area (Å²) in [7, 11) is 0. The molecule has 3 aliphatic heterocycles. The SMILES string of the molecule is O=C(c1cc(F)ccc1Cl)N1C[C@H]2CC[C@@H]1CN(Cc1ccccc1)C2. The van der Waals surface area contributed by atoms with Crippen molar-refractivity contribution in [1.29, 1.82) is 0 Å². The first-order valence-electron chi connectivity index (χ1n) is 9.12. The van der Waals surface area contributed by atoms with Crippen LogP contribution in [0, 0.1) is 11.7 Å². The molecule has 2 bridgehead atoms. The van der Waals surface area contributed by atoms with E-state index in [-0.39, 0.29) is 17.5 Å². The highest BCUT2D eigenvalue weighted by molar-refractivity contribution is 6.33. The molecule has 3 heterocycles. The normalized spacial score (nSPS) is 23.1. The minimum atomic E-state index is -0.427. The van der Waals surface area contributed by atoms with E-state index in [0.717, 1.165) is 39.0 Å². The number of piperidine rings is 1. The van der Waals surface area contributed by atoms with Gasteiger partial charge in [-0.25, -0.2) is 4.39 Å². The third-order valence-electron chi connectivity index (χ3n) is 5.46. The second-order valence-corrected chi connectivity index (χ2v) is 7.77. The average molecular weight is 373 g/mol. The Bertz CT molecular complexity index is 798. The lowest BCUT2D eigenvalue weighted by Crippen LogP contribution is -2.47. The van der Waals surface area contributed by atoms with Crippen molar-refractivity contribution in [3.8, 4) is 0 Å². The molecule has 26 heavy (non-hydrogen) atoms. The quantitative estimate of drug-likeness (QED) is 0.805. The Morgan fingerprint density at radius 2 is 1.88 bits per heavy atom. The van der Waals surface area contributed by atoms with Crippen molar-refractivity contribution >= 4 is 17.5 Å². The summed E-state index contributed by atoms with van der Waals surface area (Å²) in [6.07, 6.45) is 2.13. The number of amides is 1. The topological polar surface area (TPSA) is 23.6 Å². The van der Waals surface area contributed by atoms with Gasteiger partial charge in [0, 0.05) is 32.2 Å². The zero-order chi connectivity index (χ0) is 18.1. The van der Waals surface area contributed by atoms with E-state index in [1.807, 2.05) is 11.0 Å². The van der Waals surface area contributed by atoms with E-state index in [1.165, 1.54) is 23.8 Å². The van der Waals surface area contributed by atoms with Crippen LogP contribution < -0.4 is 0 Å². The molecule has 3 fully saturated rings. The minimum absolute atomic E-state index is 0.147. The first-order chi connectivity index (χ1) is 12.6. The van der Waals surface area contributed by atoms with Gasteiger partial charge in [0.1, 0.15) is 5.82 Å². The molecular formula is C21H22ClFN2O. The Morgan fingerprint density at radius 1 is 1.08 bits per heavy atom. The lowest BCUT2D eigenvalue weighted by atomic mass is 9.94. The van der Waals surface area contributed by atoms with Crippen LogP contribution in [0.25, 0.3) is 0 Å². The van der Waals surface area contributed by atoms with Gasteiger partial charge in [-0.15, -0.1) is 0 Å². The first kappa shape index (κ1) is 17.5. The summed E-state index contributed by atoms with van der Waals surface area (Å²) in [5, 5.41) is 0.317. The zero-order valence-corrected chi connectivity index (χ0v) is 15.3. The van der Waals surface area contributed by atoms with E-state index in [0.29, 0.717) is 10.9 Å². The van der Waals surface area contributed by atoms with E-state index < -0.39 is 5.82 Å². The highest BCUT2D eigenvalue weighted by Gasteiger charge is 2.37. The number of nitrogens with zero attached hydrogens (tertiary/aromatic N) is 2. The Kier molecular flexibility index (Phi) is 4.96. The lowest BCUT2D eigenvalue weighted by Gasteiger charge is -2.36. The van der Waals surface area contributed by atoms with Crippen molar-refractivity contribution in [3.05, 3.63) is 70.5 Å². The first-order valence-corrected chi connectivity index (χ1v) is 9.50. The van der Waals surface area contributed by atoms with Crippen LogP contribution in [0.4, 0.5) is 4.39 Å². The monoisotopic (exact) mass is 372 g/mol. The Morgan fingerprint density at radius 3 is 2.69 bits per heavy atom. The van der Waals surface area contributed by atoms with E-state index in [4.69, 9.17) is 11.6 Å². The van der Waals surface area contributed by atoms with Crippen molar-refractivity contribution in [1.82, 2.24) is 9.80 Å². The van der Waals surface area contributed by atoms with Gasteiger partial charge >= 0.3 is 0 Å². The van der Waals surface area contributed by atoms with Crippen LogP contribution in [0.1, 0.15) is 28.8 Å². The summed E-state index contributed by atoms with van der Waals surface area (Å²) in [5.41, 5.74) is 1.56. The van der Waals surface area contributed by atoms with E-state index in [2.05, 4.69) is 29.2 Å². The second kappa shape index (κ2) is 7.37. The summed E-state index contributed by atoms with van der Waals surface area (Å²) in [6, 6.07) is 14.6. The van der Waals surface area contributed by atoms with Gasteiger partial charge in [-0.1, -0.05) is 41.9 Å². The summed E-state index contributed by atoms with van der Waals surface area (Å²) in [4.78, 5) is 17.4. The molecular weight excluding hydrogens is 351 g/mol. The van der Waals surface area contributed by atoms with Crippen molar-refractivity contribution in [2.24, 2.45) is 5.92 Å². The van der Waals surface area contributed by atoms with Crippen LogP contribution in [0.5, 0.6) is 0 Å². The van der Waals surface area contributed by atoms with E-state index in [9.17, 15) is 9.18 Å². The molecule has 0 unspecified atom stereocenters. The highest BCUT2D eigenvalue weighted by atomic mass is 35.5. The Balaban J connectivity index is 1.53. The summed E-state index contributed by atoms with van der Waals surface area (Å²) in [6.45, 7) is 3.47. The van der Waals surface area contributed by atoms with E-state index in [1.54, 1.807) is 0 Å². The Hall–Kier alpha value is -1.91. The van der Waals surface area contributed by atoms with Crippen LogP contribution in [0.3, 0.4) is 0 Å². The van der Waals surface area contributed by atoms with Gasteiger partial charge in [0.05, 0.1) is 10.6 Å². The van der Waals surface area contributed by atoms with Gasteiger partial charge in [-0.3, -0.25) is 9.69 Å². The van der Waals surface area contributed by atoms with Crippen LogP contribution >= 0.6 is 11.6 Å². The number of halogens is 2. The third-order valence-corrected chi connectivity index (χ3v) is 5.79. The number of rotatable bonds is 3. The van der Waals surface area contributed by atoms with Crippen molar-refractivity contribution in [3.63, 3.8) is 0 Å². The molecule has 3 aliphatic rings. The van der Waals surface area contributed by atoms with Gasteiger partial charge in [0.2, 0.25) is 0 Å². The molecule has 2 aromatic rings. The molecule has 5 rings (SSSR count). The molecule has 2 atom stereocenters. The molecule has 2 aromatic carbocycles. The number of carbonyl (C=O) groups is 1. The lowest BCUT2D eigenvalue weighted by molar-refractivity contribution is 0.0584. The van der Waals surface area contributed by atoms with Crippen LogP contribution in [0.2, 0.25) is 5.02 Å². The number of fused-ring (bicyclic) bond motifs is 4. The maximum atomic E-state index is 13.6. The third kappa shape index (κ3) is 3.62. The predicted molar refractivity (Wildman–Crippen MR) is 101 cm³/mol. The molecule has 0 radical (unpaired) electrons. The summed E-state index contributed by atoms with van der Waals surface area (Å²) in [5.74, 6) is -0.122. The van der Waals surface area contributed by atoms with Crippen molar-refractivity contribution in [2.45, 2.75) is 25.4 Å². The summed E-state index contributed by atoms with van der Waals surface area (Å²) < 4.78 is 13.6. The number of carbonyl (C=O) groups excluding carboxylic acids is 1. The Labute approximate surface area is 158 Å². The van der Waals surface area contributed by atoms with Crippen LogP contribution in [0.15, 0.2) is 48.5 Å². The predicted octanol–water partition coefficient (Wildman–Crippen LogP) is 4.22. The fraction of sp³-hybridized carbons (Fsp3) is 0.381. The molecule has 0 N–H and O–H groups in total. The minimum Gasteiger partial charge on any atom is -0.334 e. The number of hydrogen-bond donors (Lipinski definition) is 0. The maximum absolute atomic E-state index is 13.6. The molecule has 3 nitrogen and oxygen atoms in total. The highest BCUT2D eigenvalue weighted by Crippen LogP contribution is 2.31. The second-order valence-electron chi connectivity index (χ2n) is 7.36. The molecule has 3 saturated heterocycles. The summed E-state index contributed by atoms with van der Waals surface area (Å²) >= 11 is 6.16. The standard InChI is InChI=1S/C21H22ClFN2O/c22-20-9-7-17(23)10-19(20)21(26)25-13-16-6-8-18(25)14-24(12-16)11-15-4-2-1-3-5-15/h1-5,7,9-10,16,18H,6,8,11-14H2/t16-,18+/m0/s1. The van der Waals surface area contributed by atoms with Crippen molar-refractivity contribution < 1.29 is 9.18 Å². The van der Waals surface area contributed by atoms with Gasteiger partial charge in [0.15, 0.2) is 0 Å². The molecule has 0 spiro atoms. The van der Waals surface area contributed by atoms with Gasteiger partial charge in [-0.05, 0) is 42.5 Å². The molecule has 0 aromatic heterocycles. The average Bonchev–Trinajstić information content (AvgIpc) is 2.94. The van der Waals surface area contributed by atoms with Crippen molar-refractivity contribution in [2.75, 3.05) is 19.6 Å². The fourth-order valence-corrected chi connectivity index (χ4v) is 4.41. The smallest absolute Gasteiger partial charge is 0.255 e. The van der Waals surface area contributed by atoms with Crippen LogP contribution in [-0.4, -0.2) is 41.4 Å². The molecule has 0 aliphatic carbocycles. The molecule has 0 saturated carbocycles. The maximum Gasteiger partial charge on any atom is 0.255 e. The molecule has 5 heteroatoms. The fourth-order valence-electron chi connectivity index (χ4n) is 4.21. The zero-order valence-electron chi connectivity index (χ0n) is 14.6. The van der Waals surface area contributed by atoms with Gasteiger partial charge < -0.3 is 4.90 Å². The van der Waals surface area contributed by atoms with E-state index >= 15 is 0 Å². The molecule has 1 amide bonds. The van der Waals surface area contributed by atoms with Gasteiger partial charge in [0.25, 0.3) is 5.91 Å². The number of hydrogen-bond acceptors (Lipinski definition) is 2. The largest absolute Gasteiger partial charge is 0.334 e. The van der Waals surface area contributed by atoms with Crippen LogP contribution in [-0.2, 0) is 6.54 Å². The van der Waals surface area contributed by atoms with Gasteiger partial charge in [-0.2, -0.15) is 0 Å².